The second kappa shape index (κ2) is 13.2. The van der Waals surface area contributed by atoms with Crippen molar-refractivity contribution in [2.24, 2.45) is 11.8 Å². The molecule has 2 aliphatic heterocycles. The van der Waals surface area contributed by atoms with Gasteiger partial charge in [-0.1, -0.05) is 12.1 Å². The van der Waals surface area contributed by atoms with Gasteiger partial charge in [-0.05, 0) is 102 Å². The molecule has 2 atom stereocenters. The number of ether oxygens (including phenoxy) is 1. The van der Waals surface area contributed by atoms with Gasteiger partial charge in [0.25, 0.3) is 0 Å². The lowest BCUT2D eigenvalue weighted by molar-refractivity contribution is -0.134. The van der Waals surface area contributed by atoms with E-state index in [4.69, 9.17) is 4.74 Å². The second-order valence-corrected chi connectivity index (χ2v) is 11.2. The first-order chi connectivity index (χ1) is 19.2. The SMILES string of the molecule is COc1cccc(C2CCN(CCCNC(=O)N[C@@H]3CC[C@H](C4C(C(=O)O)=C(C)NC(C)=C4C(=O)O)C3)CC2)c1. The van der Waals surface area contributed by atoms with Crippen molar-refractivity contribution in [2.45, 2.75) is 64.3 Å². The molecule has 218 valence electrons. The molecule has 2 amide bonds. The van der Waals surface area contributed by atoms with Crippen molar-refractivity contribution in [2.75, 3.05) is 33.3 Å². The van der Waals surface area contributed by atoms with E-state index < -0.39 is 17.9 Å². The van der Waals surface area contributed by atoms with E-state index >= 15 is 0 Å². The predicted octanol–water partition coefficient (Wildman–Crippen LogP) is 3.67. The number of nitrogens with zero attached hydrogens (tertiary/aromatic N) is 1. The number of urea groups is 1. The quantitative estimate of drug-likeness (QED) is 0.276. The summed E-state index contributed by atoms with van der Waals surface area (Å²) in [4.78, 5) is 39.1. The smallest absolute Gasteiger partial charge is 0.333 e. The maximum absolute atomic E-state index is 12.6. The summed E-state index contributed by atoms with van der Waals surface area (Å²) in [7, 11) is 1.69. The Bertz CT molecular complexity index is 1130. The predicted molar refractivity (Wildman–Crippen MR) is 151 cm³/mol. The zero-order valence-electron chi connectivity index (χ0n) is 23.7. The van der Waals surface area contributed by atoms with Crippen LogP contribution in [0.2, 0.25) is 0 Å². The number of hydrogen-bond acceptors (Lipinski definition) is 6. The number of amides is 2. The fourth-order valence-electron chi connectivity index (χ4n) is 6.66. The summed E-state index contributed by atoms with van der Waals surface area (Å²) in [5.41, 5.74) is 2.48. The maximum atomic E-state index is 12.6. The fraction of sp³-hybridized carbons (Fsp3) is 0.567. The number of hydrogen-bond donors (Lipinski definition) is 5. The molecule has 5 N–H and O–H groups in total. The number of methoxy groups -OCH3 is 1. The molecule has 0 aromatic heterocycles. The minimum Gasteiger partial charge on any atom is -0.497 e. The average Bonchev–Trinajstić information content (AvgIpc) is 3.38. The van der Waals surface area contributed by atoms with E-state index in [1.54, 1.807) is 21.0 Å². The van der Waals surface area contributed by atoms with Gasteiger partial charge in [0.15, 0.2) is 0 Å². The minimum atomic E-state index is -1.11. The molecule has 1 saturated heterocycles. The van der Waals surface area contributed by atoms with Gasteiger partial charge in [-0.3, -0.25) is 0 Å². The van der Waals surface area contributed by atoms with Crippen LogP contribution >= 0.6 is 0 Å². The average molecular weight is 555 g/mol. The number of nitrogens with one attached hydrogen (secondary N) is 3. The first-order valence-corrected chi connectivity index (χ1v) is 14.2. The van der Waals surface area contributed by atoms with Crippen molar-refractivity contribution >= 4 is 18.0 Å². The molecule has 1 aliphatic carbocycles. The monoisotopic (exact) mass is 554 g/mol. The van der Waals surface area contributed by atoms with Gasteiger partial charge in [-0.15, -0.1) is 0 Å². The van der Waals surface area contributed by atoms with Gasteiger partial charge < -0.3 is 35.8 Å². The molecule has 40 heavy (non-hydrogen) atoms. The number of carbonyl (C=O) groups is 3. The molecule has 2 heterocycles. The normalized spacial score (nSPS) is 22.7. The van der Waals surface area contributed by atoms with Crippen LogP contribution in [0.5, 0.6) is 5.75 Å². The van der Waals surface area contributed by atoms with E-state index in [0.29, 0.717) is 43.1 Å². The Hall–Kier alpha value is -3.53. The molecule has 0 unspecified atom stereocenters. The Morgan fingerprint density at radius 2 is 1.70 bits per heavy atom. The molecule has 4 rings (SSSR count). The van der Waals surface area contributed by atoms with Crippen LogP contribution in [-0.4, -0.2) is 72.4 Å². The Morgan fingerprint density at radius 1 is 1.02 bits per heavy atom. The summed E-state index contributed by atoms with van der Waals surface area (Å²) in [6, 6.07) is 7.97. The van der Waals surface area contributed by atoms with Gasteiger partial charge in [0, 0.05) is 29.9 Å². The highest BCUT2D eigenvalue weighted by Crippen LogP contribution is 2.43. The summed E-state index contributed by atoms with van der Waals surface area (Å²) in [6.45, 7) is 6.90. The van der Waals surface area contributed by atoms with Crippen molar-refractivity contribution in [3.63, 3.8) is 0 Å². The molecule has 10 nitrogen and oxygen atoms in total. The van der Waals surface area contributed by atoms with E-state index in [0.717, 1.165) is 44.6 Å². The van der Waals surface area contributed by atoms with Crippen LogP contribution in [0.1, 0.15) is 63.9 Å². The first-order valence-electron chi connectivity index (χ1n) is 14.2. The number of allylic oxidation sites excluding steroid dienone is 2. The number of carboxylic acid groups (broad SMARTS) is 2. The lowest BCUT2D eigenvalue weighted by atomic mass is 9.76. The zero-order valence-corrected chi connectivity index (χ0v) is 23.7. The van der Waals surface area contributed by atoms with Gasteiger partial charge in [-0.2, -0.15) is 0 Å². The molecule has 1 aromatic rings. The lowest BCUT2D eigenvalue weighted by Crippen LogP contribution is -2.42. The summed E-state index contributed by atoms with van der Waals surface area (Å²) < 4.78 is 5.36. The Balaban J connectivity index is 1.19. The Morgan fingerprint density at radius 3 is 2.33 bits per heavy atom. The lowest BCUT2D eigenvalue weighted by Gasteiger charge is -2.32. The minimum absolute atomic E-state index is 0.102. The summed E-state index contributed by atoms with van der Waals surface area (Å²) in [6.07, 6.45) is 4.94. The fourth-order valence-corrected chi connectivity index (χ4v) is 6.66. The van der Waals surface area contributed by atoms with E-state index in [9.17, 15) is 24.6 Å². The van der Waals surface area contributed by atoms with Crippen LogP contribution in [0.4, 0.5) is 4.79 Å². The van der Waals surface area contributed by atoms with Crippen LogP contribution in [0.25, 0.3) is 0 Å². The number of aliphatic carboxylic acids is 2. The van der Waals surface area contributed by atoms with Gasteiger partial charge in [-0.25, -0.2) is 14.4 Å². The number of dihydropyridines is 1. The Kier molecular flexibility index (Phi) is 9.73. The molecule has 0 bridgehead atoms. The van der Waals surface area contributed by atoms with Gasteiger partial charge in [0.1, 0.15) is 5.75 Å². The number of carboxylic acids is 2. The van der Waals surface area contributed by atoms with E-state index in [1.165, 1.54) is 5.56 Å². The number of rotatable bonds is 10. The highest BCUT2D eigenvalue weighted by molar-refractivity contribution is 5.96. The summed E-state index contributed by atoms with van der Waals surface area (Å²) >= 11 is 0. The molecule has 2 fully saturated rings. The highest BCUT2D eigenvalue weighted by Gasteiger charge is 2.43. The molecule has 0 spiro atoms. The number of piperidine rings is 1. The van der Waals surface area contributed by atoms with E-state index in [-0.39, 0.29) is 29.1 Å². The molecule has 0 radical (unpaired) electrons. The van der Waals surface area contributed by atoms with Crippen molar-refractivity contribution < 1.29 is 29.3 Å². The number of likely N-dealkylation sites (tertiary alicyclic amines) is 1. The third kappa shape index (κ3) is 6.96. The highest BCUT2D eigenvalue weighted by atomic mass is 16.5. The van der Waals surface area contributed by atoms with E-state index in [2.05, 4.69) is 33.0 Å². The molecular weight excluding hydrogens is 512 g/mol. The van der Waals surface area contributed by atoms with E-state index in [1.807, 2.05) is 12.1 Å². The molecule has 10 heteroatoms. The third-order valence-electron chi connectivity index (χ3n) is 8.64. The topological polar surface area (TPSA) is 140 Å². The summed E-state index contributed by atoms with van der Waals surface area (Å²) in [5, 5.41) is 28.5. The zero-order chi connectivity index (χ0) is 28.8. The molecule has 3 aliphatic rings. The van der Waals surface area contributed by atoms with Crippen LogP contribution in [0.15, 0.2) is 46.8 Å². The van der Waals surface area contributed by atoms with Crippen LogP contribution in [0.3, 0.4) is 0 Å². The molecule has 1 saturated carbocycles. The van der Waals surface area contributed by atoms with Crippen molar-refractivity contribution in [3.8, 4) is 5.75 Å². The summed E-state index contributed by atoms with van der Waals surface area (Å²) in [5.74, 6) is -1.65. The van der Waals surface area contributed by atoms with Gasteiger partial charge in [0.05, 0.1) is 18.3 Å². The number of benzene rings is 1. The Labute approximate surface area is 235 Å². The second-order valence-electron chi connectivity index (χ2n) is 11.2. The van der Waals surface area contributed by atoms with Gasteiger partial charge in [0.2, 0.25) is 0 Å². The maximum Gasteiger partial charge on any atom is 0.333 e. The first kappa shape index (κ1) is 29.5. The van der Waals surface area contributed by atoms with Crippen molar-refractivity contribution in [1.29, 1.82) is 0 Å². The van der Waals surface area contributed by atoms with Gasteiger partial charge >= 0.3 is 18.0 Å². The standard InChI is InChI=1S/C30H42N4O6/c1-18-25(28(35)36)27(26(29(37)38)19(2)32-18)22-8-9-23(16-22)33-30(39)31-12-5-13-34-14-10-20(11-15-34)21-6-4-7-24(17-21)40-3/h4,6-7,17,20,22-23,27,32H,5,8-16H2,1-3H3,(H,35,36)(H,37,38)(H2,31,33,39)/t22-,23+/m0/s1. The van der Waals surface area contributed by atoms with Crippen LogP contribution in [-0.2, 0) is 9.59 Å². The molecule has 1 aromatic carbocycles. The van der Waals surface area contributed by atoms with Crippen molar-refractivity contribution in [1.82, 2.24) is 20.9 Å². The van der Waals surface area contributed by atoms with Crippen LogP contribution in [0, 0.1) is 11.8 Å². The molecular formula is C30H42N4O6. The van der Waals surface area contributed by atoms with Crippen molar-refractivity contribution in [3.05, 3.63) is 52.4 Å². The number of carbonyl (C=O) groups excluding carboxylic acids is 1. The largest absolute Gasteiger partial charge is 0.497 e. The van der Waals surface area contributed by atoms with Crippen LogP contribution < -0.4 is 20.7 Å². The third-order valence-corrected chi connectivity index (χ3v) is 8.64.